The number of nitrogens with zero attached hydrogens (tertiary/aromatic N) is 4. The van der Waals surface area contributed by atoms with Crippen molar-refractivity contribution in [3.8, 4) is 23.1 Å². The van der Waals surface area contributed by atoms with Gasteiger partial charge in [0.05, 0.1) is 11.4 Å². The van der Waals surface area contributed by atoms with E-state index in [9.17, 15) is 0 Å². The van der Waals surface area contributed by atoms with Crippen molar-refractivity contribution in [2.45, 2.75) is 19.3 Å². The van der Waals surface area contributed by atoms with Gasteiger partial charge in [-0.15, -0.1) is 10.2 Å². The monoisotopic (exact) mass is 401 g/mol. The van der Waals surface area contributed by atoms with Gasteiger partial charge in [-0.05, 0) is 59.7 Å². The van der Waals surface area contributed by atoms with E-state index in [1.807, 2.05) is 12.1 Å². The van der Waals surface area contributed by atoms with Crippen molar-refractivity contribution in [1.29, 1.82) is 0 Å². The molecule has 1 radical (unpaired) electrons. The van der Waals surface area contributed by atoms with Gasteiger partial charge in [0.25, 0.3) is 0 Å². The van der Waals surface area contributed by atoms with Crippen LogP contribution in [0.4, 0.5) is 0 Å². The van der Waals surface area contributed by atoms with Crippen molar-refractivity contribution in [3.63, 3.8) is 0 Å². The highest BCUT2D eigenvalue weighted by Gasteiger charge is 2.30. The molecule has 0 amide bonds. The van der Waals surface area contributed by atoms with Crippen LogP contribution in [0.25, 0.3) is 11.3 Å². The number of aromatic nitrogens is 3. The molecule has 1 aromatic carbocycles. The number of pyridine rings is 1. The van der Waals surface area contributed by atoms with Gasteiger partial charge in [0.1, 0.15) is 5.69 Å². The molecule has 5 rings (SSSR count). The quantitative estimate of drug-likeness (QED) is 0.477. The number of allylic oxidation sites excluding steroid dienone is 3. The van der Waals surface area contributed by atoms with Gasteiger partial charge in [-0.25, -0.2) is 0 Å². The zero-order valence-electron chi connectivity index (χ0n) is 17.4. The molecule has 0 unspecified atom stereocenters. The normalized spacial score (nSPS) is 14.7. The second-order valence-electron chi connectivity index (χ2n) is 7.63. The Morgan fingerprint density at radius 2 is 1.90 bits per heavy atom. The van der Waals surface area contributed by atoms with Crippen LogP contribution in [0.15, 0.2) is 83.1 Å². The van der Waals surface area contributed by atoms with E-state index in [0.29, 0.717) is 0 Å². The van der Waals surface area contributed by atoms with Gasteiger partial charge in [-0.2, -0.15) is 0 Å². The zero-order valence-corrected chi connectivity index (χ0v) is 17.4. The SMILES string of the molecule is C=C(C#Cc1cccnc1)C1=C(C(=NC)c2cc3c(nn2)-c2ccccc2CCC3)[CH]1. The largest absolute Gasteiger partial charge is 0.286 e. The van der Waals surface area contributed by atoms with E-state index >= 15 is 0 Å². The molecule has 31 heavy (non-hydrogen) atoms. The Bertz CT molecular complexity index is 1300. The Kier molecular flexibility index (Phi) is 5.01. The minimum absolute atomic E-state index is 0.775. The highest BCUT2D eigenvalue weighted by Crippen LogP contribution is 2.38. The number of hydrogen-bond donors (Lipinski definition) is 0. The van der Waals surface area contributed by atoms with Crippen LogP contribution in [0.5, 0.6) is 0 Å². The molecule has 0 saturated heterocycles. The highest BCUT2D eigenvalue weighted by atomic mass is 15.1. The van der Waals surface area contributed by atoms with E-state index in [1.165, 1.54) is 16.7 Å². The van der Waals surface area contributed by atoms with Crippen LogP contribution in [0.1, 0.15) is 28.8 Å². The predicted molar refractivity (Wildman–Crippen MR) is 124 cm³/mol. The molecule has 2 aromatic heterocycles. The van der Waals surface area contributed by atoms with Crippen LogP contribution in [0.2, 0.25) is 0 Å². The fourth-order valence-corrected chi connectivity index (χ4v) is 3.98. The molecule has 0 N–H and O–H groups in total. The summed E-state index contributed by atoms with van der Waals surface area (Å²) < 4.78 is 0. The Hall–Kier alpha value is -3.84. The Labute approximate surface area is 182 Å². The van der Waals surface area contributed by atoms with E-state index in [0.717, 1.165) is 58.6 Å². The second-order valence-corrected chi connectivity index (χ2v) is 7.63. The minimum Gasteiger partial charge on any atom is -0.286 e. The molecule has 0 atom stereocenters. The van der Waals surface area contributed by atoms with Crippen LogP contribution in [0.3, 0.4) is 0 Å². The molecule has 4 nitrogen and oxygen atoms in total. The Morgan fingerprint density at radius 1 is 1.03 bits per heavy atom. The summed E-state index contributed by atoms with van der Waals surface area (Å²) in [5.41, 5.74) is 10.1. The predicted octanol–water partition coefficient (Wildman–Crippen LogP) is 4.57. The lowest BCUT2D eigenvalue weighted by molar-refractivity contribution is 0.829. The first-order valence-electron chi connectivity index (χ1n) is 10.4. The lowest BCUT2D eigenvalue weighted by Gasteiger charge is -2.09. The molecular formula is C27H21N4. The summed E-state index contributed by atoms with van der Waals surface area (Å²) in [5.74, 6) is 6.23. The Balaban J connectivity index is 1.43. The number of benzene rings is 1. The number of rotatable bonds is 3. The zero-order chi connectivity index (χ0) is 21.2. The summed E-state index contributed by atoms with van der Waals surface area (Å²) in [6.07, 6.45) is 8.70. The lowest BCUT2D eigenvalue weighted by Crippen LogP contribution is -2.07. The van der Waals surface area contributed by atoms with Crippen molar-refractivity contribution < 1.29 is 0 Å². The number of aliphatic imine (C=N–C) groups is 1. The molecule has 2 aliphatic rings. The van der Waals surface area contributed by atoms with Gasteiger partial charge in [0.2, 0.25) is 0 Å². The molecule has 3 aromatic rings. The summed E-state index contributed by atoms with van der Waals surface area (Å²) >= 11 is 0. The van der Waals surface area contributed by atoms with Crippen LogP contribution in [0, 0.1) is 18.3 Å². The summed E-state index contributed by atoms with van der Waals surface area (Å²) in [6, 6.07) is 14.4. The van der Waals surface area contributed by atoms with E-state index < -0.39 is 0 Å². The van der Waals surface area contributed by atoms with Gasteiger partial charge in [0, 0.05) is 42.6 Å². The molecule has 0 saturated carbocycles. The van der Waals surface area contributed by atoms with Gasteiger partial charge < -0.3 is 0 Å². The van der Waals surface area contributed by atoms with Crippen molar-refractivity contribution in [3.05, 3.63) is 107 Å². The average Bonchev–Trinajstić information content (AvgIpc) is 3.62. The number of hydrogen-bond acceptors (Lipinski definition) is 4. The molecule has 0 aliphatic heterocycles. The molecule has 2 heterocycles. The first-order valence-corrected chi connectivity index (χ1v) is 10.4. The summed E-state index contributed by atoms with van der Waals surface area (Å²) in [7, 11) is 1.79. The summed E-state index contributed by atoms with van der Waals surface area (Å²) in [4.78, 5) is 8.60. The van der Waals surface area contributed by atoms with Gasteiger partial charge >= 0.3 is 0 Å². The van der Waals surface area contributed by atoms with E-state index in [-0.39, 0.29) is 0 Å². The van der Waals surface area contributed by atoms with Crippen LogP contribution >= 0.6 is 0 Å². The van der Waals surface area contributed by atoms with E-state index in [2.05, 4.69) is 75.3 Å². The van der Waals surface area contributed by atoms with Gasteiger partial charge in [-0.3, -0.25) is 9.98 Å². The smallest absolute Gasteiger partial charge is 0.111 e. The third kappa shape index (κ3) is 3.83. The van der Waals surface area contributed by atoms with Crippen LogP contribution in [-0.4, -0.2) is 27.9 Å². The maximum Gasteiger partial charge on any atom is 0.111 e. The highest BCUT2D eigenvalue weighted by molar-refractivity contribution is 6.19. The average molecular weight is 401 g/mol. The van der Waals surface area contributed by atoms with Crippen molar-refractivity contribution in [1.82, 2.24) is 15.2 Å². The van der Waals surface area contributed by atoms with Crippen molar-refractivity contribution in [2.75, 3.05) is 7.05 Å². The molecule has 0 spiro atoms. The van der Waals surface area contributed by atoms with Crippen molar-refractivity contribution in [2.24, 2.45) is 4.99 Å². The molecular weight excluding hydrogens is 380 g/mol. The molecule has 0 fully saturated rings. The minimum atomic E-state index is 0.775. The Morgan fingerprint density at radius 3 is 2.74 bits per heavy atom. The maximum atomic E-state index is 4.62. The van der Waals surface area contributed by atoms with E-state index in [4.69, 9.17) is 0 Å². The maximum absolute atomic E-state index is 4.62. The second kappa shape index (κ2) is 8.12. The fraction of sp³-hybridized carbons (Fsp3) is 0.148. The van der Waals surface area contributed by atoms with E-state index in [1.54, 1.807) is 19.4 Å². The molecule has 0 bridgehead atoms. The molecule has 2 aliphatic carbocycles. The number of fused-ring (bicyclic) bond motifs is 3. The van der Waals surface area contributed by atoms with Crippen LogP contribution in [-0.2, 0) is 12.8 Å². The first kappa shape index (κ1) is 19.1. The van der Waals surface area contributed by atoms with Crippen LogP contribution < -0.4 is 0 Å². The standard InChI is InChI=1S/C27H21N4/c1-18(12-13-19-7-6-14-29-17-19)23-16-24(23)27(28-2)25-15-21-10-5-9-20-8-3-4-11-22(20)26(21)31-30-25/h3-4,6-8,11,14-17H,1,5,9-10H2,2H3. The van der Waals surface area contributed by atoms with Gasteiger partial charge in [0.15, 0.2) is 0 Å². The summed E-state index contributed by atoms with van der Waals surface area (Å²) in [5, 5.41) is 9.16. The third-order valence-corrected chi connectivity index (χ3v) is 5.60. The fourth-order valence-electron chi connectivity index (χ4n) is 3.98. The number of aryl methyl sites for hydroxylation is 2. The lowest BCUT2D eigenvalue weighted by atomic mass is 10.0. The molecule has 149 valence electrons. The third-order valence-electron chi connectivity index (χ3n) is 5.60. The first-order chi connectivity index (χ1) is 15.2. The molecule has 4 heteroatoms. The summed E-state index contributed by atoms with van der Waals surface area (Å²) in [6.45, 7) is 4.13. The van der Waals surface area contributed by atoms with Crippen molar-refractivity contribution >= 4 is 5.71 Å². The topological polar surface area (TPSA) is 51.0 Å². The van der Waals surface area contributed by atoms with Gasteiger partial charge in [-0.1, -0.05) is 42.7 Å².